The molecule has 3 rings (SSSR count). The van der Waals surface area contributed by atoms with E-state index in [1.54, 1.807) is 12.4 Å². The van der Waals surface area contributed by atoms with E-state index in [4.69, 9.17) is 0 Å². The Morgan fingerprint density at radius 3 is 2.94 bits per heavy atom. The normalized spacial score (nSPS) is 10.6. The molecular weight excluding hydrogens is 212 g/mol. The highest BCUT2D eigenvalue weighted by atomic mass is 15.2. The summed E-state index contributed by atoms with van der Waals surface area (Å²) in [5.74, 6) is 0.828. The SMILES string of the molecule is Cn1ccnc1Nc1cccc2cnccc12. The van der Waals surface area contributed by atoms with Crippen molar-refractivity contribution in [3.63, 3.8) is 0 Å². The Labute approximate surface area is 98.9 Å². The van der Waals surface area contributed by atoms with Crippen molar-refractivity contribution in [1.82, 2.24) is 14.5 Å². The molecule has 0 spiro atoms. The summed E-state index contributed by atoms with van der Waals surface area (Å²) in [6, 6.07) is 8.10. The maximum atomic E-state index is 4.25. The topological polar surface area (TPSA) is 42.7 Å². The molecule has 2 heterocycles. The number of fused-ring (bicyclic) bond motifs is 1. The van der Waals surface area contributed by atoms with Crippen LogP contribution in [-0.4, -0.2) is 14.5 Å². The second kappa shape index (κ2) is 3.90. The van der Waals surface area contributed by atoms with E-state index in [0.717, 1.165) is 22.4 Å². The van der Waals surface area contributed by atoms with Crippen LogP contribution in [0, 0.1) is 0 Å². The Morgan fingerprint density at radius 2 is 2.12 bits per heavy atom. The highest BCUT2D eigenvalue weighted by Crippen LogP contribution is 2.24. The molecule has 0 amide bonds. The smallest absolute Gasteiger partial charge is 0.207 e. The Kier molecular flexibility index (Phi) is 2.26. The minimum Gasteiger partial charge on any atom is -0.325 e. The molecule has 0 radical (unpaired) electrons. The number of aromatic nitrogens is 3. The van der Waals surface area contributed by atoms with Crippen molar-refractivity contribution in [2.75, 3.05) is 5.32 Å². The summed E-state index contributed by atoms with van der Waals surface area (Å²) in [6.45, 7) is 0. The first kappa shape index (κ1) is 9.84. The Morgan fingerprint density at radius 1 is 1.18 bits per heavy atom. The lowest BCUT2D eigenvalue weighted by atomic mass is 10.1. The van der Waals surface area contributed by atoms with Crippen LogP contribution in [0.25, 0.3) is 10.8 Å². The average Bonchev–Trinajstić information content (AvgIpc) is 2.76. The van der Waals surface area contributed by atoms with Gasteiger partial charge in [0.05, 0.1) is 0 Å². The first-order chi connectivity index (χ1) is 8.34. The second-order valence-electron chi connectivity index (χ2n) is 3.89. The third kappa shape index (κ3) is 1.73. The zero-order chi connectivity index (χ0) is 11.7. The van der Waals surface area contributed by atoms with Gasteiger partial charge in [-0.05, 0) is 12.1 Å². The lowest BCUT2D eigenvalue weighted by molar-refractivity contribution is 0.925. The molecule has 0 aliphatic heterocycles. The Hall–Kier alpha value is -2.36. The quantitative estimate of drug-likeness (QED) is 0.727. The van der Waals surface area contributed by atoms with Gasteiger partial charge in [0.1, 0.15) is 0 Å². The summed E-state index contributed by atoms with van der Waals surface area (Å²) in [4.78, 5) is 8.37. The van der Waals surface area contributed by atoms with Gasteiger partial charge in [0, 0.05) is 48.3 Å². The van der Waals surface area contributed by atoms with Crippen LogP contribution in [-0.2, 0) is 7.05 Å². The van der Waals surface area contributed by atoms with Crippen LogP contribution in [0.2, 0.25) is 0 Å². The van der Waals surface area contributed by atoms with Crippen molar-refractivity contribution in [1.29, 1.82) is 0 Å². The minimum atomic E-state index is 0.828. The van der Waals surface area contributed by atoms with Gasteiger partial charge >= 0.3 is 0 Å². The number of hydrogen-bond donors (Lipinski definition) is 1. The molecule has 0 fully saturated rings. The van der Waals surface area contributed by atoms with Gasteiger partial charge < -0.3 is 9.88 Å². The van der Waals surface area contributed by atoms with E-state index in [-0.39, 0.29) is 0 Å². The lowest BCUT2D eigenvalue weighted by Gasteiger charge is -2.08. The van der Waals surface area contributed by atoms with Gasteiger partial charge in [0.25, 0.3) is 0 Å². The van der Waals surface area contributed by atoms with E-state index in [1.165, 1.54) is 0 Å². The van der Waals surface area contributed by atoms with E-state index < -0.39 is 0 Å². The van der Waals surface area contributed by atoms with Gasteiger partial charge in [-0.15, -0.1) is 0 Å². The van der Waals surface area contributed by atoms with Gasteiger partial charge in [0.2, 0.25) is 5.95 Å². The largest absolute Gasteiger partial charge is 0.325 e. The third-order valence-electron chi connectivity index (χ3n) is 2.75. The fourth-order valence-electron chi connectivity index (χ4n) is 1.84. The number of imidazole rings is 1. The van der Waals surface area contributed by atoms with Crippen LogP contribution in [0.4, 0.5) is 11.6 Å². The van der Waals surface area contributed by atoms with Crippen molar-refractivity contribution in [3.8, 4) is 0 Å². The predicted molar refractivity (Wildman–Crippen MR) is 68.2 cm³/mol. The number of pyridine rings is 1. The fourth-order valence-corrected chi connectivity index (χ4v) is 1.84. The van der Waals surface area contributed by atoms with Gasteiger partial charge in [0.15, 0.2) is 0 Å². The van der Waals surface area contributed by atoms with Crippen molar-refractivity contribution in [3.05, 3.63) is 49.1 Å². The first-order valence-electron chi connectivity index (χ1n) is 5.42. The summed E-state index contributed by atoms with van der Waals surface area (Å²) in [5.41, 5.74) is 1.04. The standard InChI is InChI=1S/C13H12N4/c1-17-8-7-15-13(17)16-12-4-2-3-10-9-14-6-5-11(10)12/h2-9H,1H3,(H,15,16). The third-order valence-corrected chi connectivity index (χ3v) is 2.75. The number of nitrogens with zero attached hydrogens (tertiary/aromatic N) is 3. The monoisotopic (exact) mass is 224 g/mol. The van der Waals surface area contributed by atoms with E-state index >= 15 is 0 Å². The molecule has 0 aliphatic rings. The highest BCUT2D eigenvalue weighted by Gasteiger charge is 2.03. The summed E-state index contributed by atoms with van der Waals surface area (Å²) in [5, 5.41) is 5.58. The molecule has 1 N–H and O–H groups in total. The van der Waals surface area contributed by atoms with Crippen LogP contribution < -0.4 is 5.32 Å². The highest BCUT2D eigenvalue weighted by molar-refractivity contribution is 5.94. The molecule has 1 aromatic carbocycles. The summed E-state index contributed by atoms with van der Waals surface area (Å²) >= 11 is 0. The fraction of sp³-hybridized carbons (Fsp3) is 0.0769. The minimum absolute atomic E-state index is 0.828. The van der Waals surface area contributed by atoms with Crippen molar-refractivity contribution >= 4 is 22.4 Å². The summed E-state index contributed by atoms with van der Waals surface area (Å²) in [6.07, 6.45) is 7.34. The van der Waals surface area contributed by atoms with Crippen LogP contribution in [0.15, 0.2) is 49.1 Å². The average molecular weight is 224 g/mol. The zero-order valence-electron chi connectivity index (χ0n) is 9.46. The van der Waals surface area contributed by atoms with E-state index in [1.807, 2.05) is 48.3 Å². The second-order valence-corrected chi connectivity index (χ2v) is 3.89. The number of rotatable bonds is 2. The zero-order valence-corrected chi connectivity index (χ0v) is 9.46. The van der Waals surface area contributed by atoms with E-state index in [2.05, 4.69) is 15.3 Å². The summed E-state index contributed by atoms with van der Waals surface area (Å²) in [7, 11) is 1.96. The lowest BCUT2D eigenvalue weighted by Crippen LogP contribution is -1.98. The van der Waals surface area contributed by atoms with E-state index in [0.29, 0.717) is 0 Å². The molecule has 0 unspecified atom stereocenters. The molecule has 3 aromatic rings. The van der Waals surface area contributed by atoms with Crippen LogP contribution in [0.5, 0.6) is 0 Å². The van der Waals surface area contributed by atoms with Crippen molar-refractivity contribution in [2.24, 2.45) is 7.05 Å². The maximum Gasteiger partial charge on any atom is 0.207 e. The molecule has 4 heteroatoms. The van der Waals surface area contributed by atoms with Gasteiger partial charge in [-0.2, -0.15) is 0 Å². The number of nitrogens with one attached hydrogen (secondary N) is 1. The van der Waals surface area contributed by atoms with Gasteiger partial charge in [-0.1, -0.05) is 12.1 Å². The molecule has 4 nitrogen and oxygen atoms in total. The number of anilines is 2. The molecule has 0 saturated heterocycles. The molecule has 0 bridgehead atoms. The Balaban J connectivity index is 2.09. The van der Waals surface area contributed by atoms with Crippen LogP contribution in [0.3, 0.4) is 0 Å². The number of hydrogen-bond acceptors (Lipinski definition) is 3. The number of aryl methyl sites for hydroxylation is 1. The van der Waals surface area contributed by atoms with Gasteiger partial charge in [-0.3, -0.25) is 4.98 Å². The van der Waals surface area contributed by atoms with Crippen LogP contribution >= 0.6 is 0 Å². The summed E-state index contributed by atoms with van der Waals surface area (Å²) < 4.78 is 1.94. The molecule has 84 valence electrons. The van der Waals surface area contributed by atoms with Gasteiger partial charge in [-0.25, -0.2) is 4.98 Å². The van der Waals surface area contributed by atoms with Crippen LogP contribution in [0.1, 0.15) is 0 Å². The maximum absolute atomic E-state index is 4.25. The predicted octanol–water partition coefficient (Wildman–Crippen LogP) is 2.71. The number of benzene rings is 1. The molecule has 0 saturated carbocycles. The van der Waals surface area contributed by atoms with E-state index in [9.17, 15) is 0 Å². The Bertz CT molecular complexity index is 652. The molecule has 0 aliphatic carbocycles. The first-order valence-corrected chi connectivity index (χ1v) is 5.42. The molecule has 17 heavy (non-hydrogen) atoms. The van der Waals surface area contributed by atoms with Crippen molar-refractivity contribution < 1.29 is 0 Å². The molecule has 0 atom stereocenters. The molecular formula is C13H12N4. The van der Waals surface area contributed by atoms with Crippen molar-refractivity contribution in [2.45, 2.75) is 0 Å². The molecule has 2 aromatic heterocycles.